The first kappa shape index (κ1) is 9.92. The van der Waals surface area contributed by atoms with Crippen LogP contribution in [0.2, 0.25) is 0 Å². The quantitative estimate of drug-likeness (QED) is 0.400. The van der Waals surface area contributed by atoms with E-state index in [-0.39, 0.29) is 0 Å². The predicted octanol–water partition coefficient (Wildman–Crippen LogP) is -0.336. The molecule has 4 heteroatoms. The molecule has 37 valence electrons. The van der Waals surface area contributed by atoms with E-state index in [2.05, 4.69) is 11.1 Å². The molecule has 0 atom stereocenters. The molecule has 0 aliphatic rings. The molecule has 0 rings (SSSR count). The molecular weight excluding hydrogens is 147 g/mol. The molecular formula is C3H6NO2Zn. The summed E-state index contributed by atoms with van der Waals surface area (Å²) in [7, 11) is 0. The van der Waals surface area contributed by atoms with Crippen LogP contribution in [0.4, 0.5) is 0 Å². The normalized spacial score (nSPS) is 5.57. The van der Waals surface area contributed by atoms with E-state index in [1.54, 1.807) is 0 Å². The minimum atomic E-state index is -0.981. The first-order valence-electron chi connectivity index (χ1n) is 1.53. The molecule has 0 heterocycles. The first-order valence-corrected chi connectivity index (χ1v) is 3.25. The Labute approximate surface area is 52.1 Å². The zero-order valence-electron chi connectivity index (χ0n) is 3.92. The van der Waals surface area contributed by atoms with Gasteiger partial charge in [0.15, 0.2) is 0 Å². The average molecular weight is 153 g/mol. The summed E-state index contributed by atoms with van der Waals surface area (Å²) in [6, 6.07) is 0. The molecule has 3 N–H and O–H groups in total. The Morgan fingerprint density at radius 1 is 1.86 bits per heavy atom. The fourth-order valence-corrected chi connectivity index (χ4v) is 0. The molecule has 0 spiro atoms. The van der Waals surface area contributed by atoms with Crippen LogP contribution < -0.4 is 4.48 Å². The van der Waals surface area contributed by atoms with Crippen LogP contribution in [0.25, 0.3) is 0 Å². The molecule has 0 saturated heterocycles. The number of aliphatic carboxylic acids is 1. The van der Waals surface area contributed by atoms with E-state index >= 15 is 0 Å². The topological polar surface area (TPSA) is 63.3 Å². The zero-order chi connectivity index (χ0) is 6.28. The summed E-state index contributed by atoms with van der Waals surface area (Å²) in [4.78, 5) is 9.25. The third-order valence-corrected chi connectivity index (χ3v) is 0.175. The van der Waals surface area contributed by atoms with E-state index in [9.17, 15) is 4.79 Å². The second-order valence-electron chi connectivity index (χ2n) is 0.542. The van der Waals surface area contributed by atoms with Gasteiger partial charge >= 0.3 is 29.0 Å². The van der Waals surface area contributed by atoms with E-state index in [1.807, 2.05) is 0 Å². The van der Waals surface area contributed by atoms with Crippen LogP contribution in [0, 0.1) is 0 Å². The van der Waals surface area contributed by atoms with E-state index in [4.69, 9.17) is 5.11 Å². The van der Waals surface area contributed by atoms with Gasteiger partial charge in [0.1, 0.15) is 0 Å². The van der Waals surface area contributed by atoms with Crippen molar-refractivity contribution in [2.75, 3.05) is 0 Å². The van der Waals surface area contributed by atoms with Crippen LogP contribution in [-0.2, 0) is 23.3 Å². The molecule has 0 aliphatic carbocycles. The summed E-state index contributed by atoms with van der Waals surface area (Å²) < 4.78 is 4.62. The van der Waals surface area contributed by atoms with Crippen molar-refractivity contribution in [3.63, 3.8) is 0 Å². The first-order chi connectivity index (χ1) is 3.27. The summed E-state index contributed by atoms with van der Waals surface area (Å²) in [5.41, 5.74) is 0. The predicted molar refractivity (Wildman–Crippen MR) is 22.0 cm³/mol. The van der Waals surface area contributed by atoms with Gasteiger partial charge in [-0.25, -0.2) is 4.79 Å². The van der Waals surface area contributed by atoms with Crippen molar-refractivity contribution < 1.29 is 28.4 Å². The number of carboxylic acids is 1. The summed E-state index contributed by atoms with van der Waals surface area (Å²) in [6.07, 6.45) is 0.833. The van der Waals surface area contributed by atoms with E-state index in [0.29, 0.717) is 0 Å². The molecule has 0 unspecified atom stereocenters. The van der Waals surface area contributed by atoms with Gasteiger partial charge in [-0.05, 0) is 0 Å². The van der Waals surface area contributed by atoms with E-state index in [1.165, 1.54) is 0 Å². The fourth-order valence-electron chi connectivity index (χ4n) is 0. The fraction of sp³-hybridized carbons (Fsp3) is 0. The maximum atomic E-state index is 9.25. The Morgan fingerprint density at radius 3 is 2.00 bits per heavy atom. The van der Waals surface area contributed by atoms with Crippen LogP contribution in [0.3, 0.4) is 0 Å². The van der Waals surface area contributed by atoms with E-state index in [0.717, 1.165) is 24.6 Å². The summed E-state index contributed by atoms with van der Waals surface area (Å²) in [5, 5.41) is 7.60. The molecule has 3 nitrogen and oxygen atoms in total. The van der Waals surface area contributed by atoms with Gasteiger partial charge in [0, 0.05) is 6.08 Å². The number of hydrogen-bond acceptors (Lipinski definition) is 2. The number of hydrogen-bond donors (Lipinski definition) is 2. The van der Waals surface area contributed by atoms with E-state index < -0.39 is 5.97 Å². The van der Waals surface area contributed by atoms with Crippen molar-refractivity contribution in [2.45, 2.75) is 0 Å². The summed E-state index contributed by atoms with van der Waals surface area (Å²) in [5.74, 6) is -0.981. The van der Waals surface area contributed by atoms with Crippen LogP contribution in [0.15, 0.2) is 12.7 Å². The Bertz CT molecular complexity index is 64.0. The molecule has 0 aromatic rings. The van der Waals surface area contributed by atoms with Gasteiger partial charge < -0.3 is 5.11 Å². The molecule has 0 aromatic heterocycles. The molecule has 0 fully saturated rings. The number of carbonyl (C=O) groups is 1. The third-order valence-electron chi connectivity index (χ3n) is 0.175. The minimum absolute atomic E-state index is 0.833. The summed E-state index contributed by atoms with van der Waals surface area (Å²) in [6.45, 7) is 2.96. The number of rotatable bonds is 1. The van der Waals surface area contributed by atoms with Gasteiger partial charge in [-0.1, -0.05) is 6.58 Å². The monoisotopic (exact) mass is 152 g/mol. The van der Waals surface area contributed by atoms with Crippen LogP contribution >= 0.6 is 0 Å². The van der Waals surface area contributed by atoms with Crippen molar-refractivity contribution in [3.8, 4) is 0 Å². The second-order valence-corrected chi connectivity index (χ2v) is 0.542. The van der Waals surface area contributed by atoms with Crippen molar-refractivity contribution in [3.05, 3.63) is 12.7 Å². The molecule has 0 aliphatic heterocycles. The maximum absolute atomic E-state index is 9.25. The van der Waals surface area contributed by atoms with Crippen LogP contribution in [-0.4, -0.2) is 11.1 Å². The summed E-state index contributed by atoms with van der Waals surface area (Å²) >= 11 is 0.875. The zero-order valence-corrected chi connectivity index (χ0v) is 6.89. The average Bonchev–Trinajstić information content (AvgIpc) is 1.73. The van der Waals surface area contributed by atoms with Crippen molar-refractivity contribution in [2.24, 2.45) is 4.48 Å². The SMILES string of the molecule is C=CC(=O)O.[NH2][Zn]. The molecule has 7 heavy (non-hydrogen) atoms. The molecule has 0 amide bonds. The Morgan fingerprint density at radius 2 is 2.00 bits per heavy atom. The van der Waals surface area contributed by atoms with Gasteiger partial charge in [0.2, 0.25) is 0 Å². The molecule has 0 aromatic carbocycles. The Kier molecular flexibility index (Phi) is 13.1. The van der Waals surface area contributed by atoms with Gasteiger partial charge in [0.25, 0.3) is 0 Å². The molecule has 0 saturated carbocycles. The standard InChI is InChI=1S/C3H4O2.H2N.Zn/c1-2-3(4)5;;/h2H,1H2,(H,4,5);1H2;/q;-1;+1. The number of nitrogens with two attached hydrogens (primary N) is 1. The Hall–Kier alpha value is -0.207. The van der Waals surface area contributed by atoms with Crippen molar-refractivity contribution in [1.82, 2.24) is 0 Å². The van der Waals surface area contributed by atoms with Crippen LogP contribution in [0.5, 0.6) is 0 Å². The molecule has 0 radical (unpaired) electrons. The van der Waals surface area contributed by atoms with Crippen molar-refractivity contribution in [1.29, 1.82) is 0 Å². The second kappa shape index (κ2) is 9.25. The van der Waals surface area contributed by atoms with Crippen LogP contribution in [0.1, 0.15) is 0 Å². The van der Waals surface area contributed by atoms with Crippen molar-refractivity contribution >= 4 is 5.97 Å². The van der Waals surface area contributed by atoms with Gasteiger partial charge in [-0.2, -0.15) is 0 Å². The van der Waals surface area contributed by atoms with Gasteiger partial charge in [0.05, 0.1) is 0 Å². The van der Waals surface area contributed by atoms with Gasteiger partial charge in [-0.15, -0.1) is 0 Å². The Balaban J connectivity index is 0. The van der Waals surface area contributed by atoms with Gasteiger partial charge in [-0.3, -0.25) is 0 Å². The number of carboxylic acid groups (broad SMARTS) is 1. The molecule has 0 bridgehead atoms. The third kappa shape index (κ3) is 25.9.